The number of rotatable bonds is 7. The van der Waals surface area contributed by atoms with Gasteiger partial charge in [0, 0.05) is 34.3 Å². The Morgan fingerprint density at radius 2 is 1.18 bits per heavy atom. The van der Waals surface area contributed by atoms with Crippen molar-refractivity contribution in [2.24, 2.45) is 0 Å². The predicted molar refractivity (Wildman–Crippen MR) is 273 cm³/mol. The molecule has 66 heavy (non-hydrogen) atoms. The zero-order valence-corrected chi connectivity index (χ0v) is 41.0. The summed E-state index contributed by atoms with van der Waals surface area (Å²) in [4.78, 5) is 4.95. The van der Waals surface area contributed by atoms with E-state index in [4.69, 9.17) is 14.8 Å². The summed E-state index contributed by atoms with van der Waals surface area (Å²) in [6.07, 6.45) is 5.65. The Morgan fingerprint density at radius 1 is 0.530 bits per heavy atom. The van der Waals surface area contributed by atoms with Crippen LogP contribution in [0.3, 0.4) is 0 Å². The first-order valence-electron chi connectivity index (χ1n) is 23.2. The van der Waals surface area contributed by atoms with E-state index in [-0.39, 0.29) is 21.7 Å². The van der Waals surface area contributed by atoms with E-state index in [1.54, 1.807) is 0 Å². The molecule has 0 bridgehead atoms. The summed E-state index contributed by atoms with van der Waals surface area (Å²) in [6, 6.07) is 49.8. The average molecular weight is 870 g/mol. The lowest BCUT2D eigenvalue weighted by molar-refractivity contribution is -0.589. The van der Waals surface area contributed by atoms with Crippen molar-refractivity contribution in [1.29, 1.82) is 0 Å². The van der Waals surface area contributed by atoms with E-state index in [1.165, 1.54) is 27.6 Å². The number of aryl methyl sites for hydroxylation is 1. The van der Waals surface area contributed by atoms with Crippen LogP contribution >= 0.6 is 0 Å². The molecule has 6 nitrogen and oxygen atoms in total. The van der Waals surface area contributed by atoms with Crippen LogP contribution in [0, 0.1) is 13.3 Å². The van der Waals surface area contributed by atoms with Crippen molar-refractivity contribution >= 4 is 21.8 Å². The molecule has 6 aromatic carbocycles. The molecule has 0 radical (unpaired) electrons. The van der Waals surface area contributed by atoms with E-state index in [0.29, 0.717) is 5.75 Å². The van der Waals surface area contributed by atoms with Gasteiger partial charge < -0.3 is 9.30 Å². The van der Waals surface area contributed by atoms with Crippen molar-refractivity contribution in [3.63, 3.8) is 0 Å². The minimum absolute atomic E-state index is 0.00304. The fourth-order valence-corrected chi connectivity index (χ4v) is 8.79. The molecule has 0 aliphatic carbocycles. The van der Waals surface area contributed by atoms with Gasteiger partial charge in [-0.15, -0.1) is 0 Å². The first-order chi connectivity index (χ1) is 31.1. The Labute approximate surface area is 391 Å². The van der Waals surface area contributed by atoms with Crippen LogP contribution < -0.4 is 9.30 Å². The van der Waals surface area contributed by atoms with Gasteiger partial charge in [0.1, 0.15) is 17.3 Å². The lowest BCUT2D eigenvalue weighted by atomic mass is 9.80. The fraction of sp³-hybridized carbons (Fsp3) is 0.283. The van der Waals surface area contributed by atoms with Crippen LogP contribution in [0.1, 0.15) is 111 Å². The standard InChI is InChI=1S/C60H63N5O/c1-39-19-17-24-49(40-20-15-14-16-21-40)55(39)56-62-64(38-63(56)46-32-43(59(8,9)10)31-44(33-46)60(11,12)13)45-22-18-23-47(36-45)66-48-26-27-50-51-34-41(57(2,3)4)25-28-52(51)65(53(50)37-48)54-35-42(29-30-61-54)58(5,6)7/h14-37H,1-13H3. The molecule has 0 atom stereocenters. The topological polar surface area (TPSA) is 48.8 Å². The van der Waals surface area contributed by atoms with Crippen LogP contribution in [-0.4, -0.2) is 19.3 Å². The largest absolute Gasteiger partial charge is 0.458 e. The van der Waals surface area contributed by atoms with Gasteiger partial charge >= 0.3 is 0 Å². The van der Waals surface area contributed by atoms with E-state index in [2.05, 4.69) is 227 Å². The maximum Gasteiger partial charge on any atom is 0.232 e. The molecule has 9 aromatic rings. The van der Waals surface area contributed by atoms with E-state index in [0.717, 1.165) is 67.4 Å². The van der Waals surface area contributed by atoms with Crippen LogP contribution in [0.25, 0.3) is 61.5 Å². The second-order valence-electron chi connectivity index (χ2n) is 22.1. The second-order valence-corrected chi connectivity index (χ2v) is 22.1. The minimum Gasteiger partial charge on any atom is -0.458 e. The third-order valence-electron chi connectivity index (χ3n) is 12.8. The van der Waals surface area contributed by atoms with Crippen molar-refractivity contribution in [3.05, 3.63) is 180 Å². The zero-order chi connectivity index (χ0) is 46.9. The molecular formula is C60H63N5O. The maximum atomic E-state index is 6.80. The molecule has 0 amide bonds. The van der Waals surface area contributed by atoms with Crippen molar-refractivity contribution in [1.82, 2.24) is 19.3 Å². The summed E-state index contributed by atoms with van der Waals surface area (Å²) in [5, 5.41) is 7.77. The Morgan fingerprint density at radius 3 is 1.86 bits per heavy atom. The molecule has 9 rings (SSSR count). The number of fused-ring (bicyclic) bond motifs is 3. The Balaban J connectivity index is 1.18. The zero-order valence-electron chi connectivity index (χ0n) is 41.0. The lowest BCUT2D eigenvalue weighted by Gasteiger charge is -2.27. The minimum atomic E-state index is -0.0734. The van der Waals surface area contributed by atoms with Gasteiger partial charge in [-0.2, -0.15) is 4.68 Å². The summed E-state index contributed by atoms with van der Waals surface area (Å²) < 4.78 is 13.1. The molecule has 6 heteroatoms. The fourth-order valence-electron chi connectivity index (χ4n) is 8.79. The molecule has 0 fully saturated rings. The van der Waals surface area contributed by atoms with Gasteiger partial charge in [0.05, 0.1) is 16.7 Å². The highest BCUT2D eigenvalue weighted by atomic mass is 16.5. The van der Waals surface area contributed by atoms with Crippen molar-refractivity contribution < 1.29 is 9.30 Å². The van der Waals surface area contributed by atoms with Gasteiger partial charge in [-0.05, 0) is 121 Å². The summed E-state index contributed by atoms with van der Waals surface area (Å²) in [5.41, 5.74) is 13.3. The van der Waals surface area contributed by atoms with Gasteiger partial charge in [0.2, 0.25) is 12.2 Å². The van der Waals surface area contributed by atoms with Gasteiger partial charge in [0.25, 0.3) is 0 Å². The van der Waals surface area contributed by atoms with Crippen LogP contribution in [-0.2, 0) is 21.7 Å². The molecule has 3 aromatic heterocycles. The molecule has 3 heterocycles. The number of hydrogen-bond acceptors (Lipinski definition) is 3. The molecule has 0 aliphatic heterocycles. The second kappa shape index (κ2) is 16.3. The third-order valence-corrected chi connectivity index (χ3v) is 12.8. The summed E-state index contributed by atoms with van der Waals surface area (Å²) >= 11 is 0. The van der Waals surface area contributed by atoms with Crippen molar-refractivity contribution in [2.45, 2.75) is 112 Å². The van der Waals surface area contributed by atoms with Crippen LogP contribution in [0.2, 0.25) is 0 Å². The van der Waals surface area contributed by atoms with E-state index in [9.17, 15) is 0 Å². The first-order valence-corrected chi connectivity index (χ1v) is 23.2. The molecule has 0 saturated carbocycles. The Bertz CT molecular complexity index is 3240. The summed E-state index contributed by atoms with van der Waals surface area (Å²) in [7, 11) is 0. The summed E-state index contributed by atoms with van der Waals surface area (Å²) in [6.45, 7) is 29.4. The number of ether oxygens (including phenoxy) is 1. The average Bonchev–Trinajstić information content (AvgIpc) is 3.85. The quantitative estimate of drug-likeness (QED) is 0.118. The highest BCUT2D eigenvalue weighted by Crippen LogP contribution is 2.39. The van der Waals surface area contributed by atoms with Gasteiger partial charge in [-0.25, -0.2) is 4.98 Å². The maximum absolute atomic E-state index is 6.80. The monoisotopic (exact) mass is 870 g/mol. The molecule has 0 N–H and O–H groups in total. The van der Waals surface area contributed by atoms with Gasteiger partial charge in [-0.3, -0.25) is 4.57 Å². The van der Waals surface area contributed by atoms with Crippen molar-refractivity contribution in [3.8, 4) is 51.2 Å². The van der Waals surface area contributed by atoms with Gasteiger partial charge in [-0.1, -0.05) is 168 Å². The molecule has 0 unspecified atom stereocenters. The molecule has 0 aliphatic rings. The summed E-state index contributed by atoms with van der Waals surface area (Å²) in [5.74, 6) is 3.12. The lowest BCUT2D eigenvalue weighted by Crippen LogP contribution is -2.33. The van der Waals surface area contributed by atoms with Crippen molar-refractivity contribution in [2.75, 3.05) is 0 Å². The number of nitrogens with zero attached hydrogens (tertiary/aromatic N) is 5. The number of pyridine rings is 1. The number of benzene rings is 6. The molecule has 0 spiro atoms. The first kappa shape index (κ1) is 44.4. The predicted octanol–water partition coefficient (Wildman–Crippen LogP) is 15.1. The Hall–Kier alpha value is -6.79. The Kier molecular flexibility index (Phi) is 10.9. The highest BCUT2D eigenvalue weighted by molar-refractivity contribution is 6.09. The van der Waals surface area contributed by atoms with Crippen LogP contribution in [0.5, 0.6) is 11.5 Å². The number of hydrogen-bond donors (Lipinski definition) is 0. The van der Waals surface area contributed by atoms with Crippen LogP contribution in [0.15, 0.2) is 146 Å². The van der Waals surface area contributed by atoms with Gasteiger partial charge in [0.15, 0.2) is 0 Å². The highest BCUT2D eigenvalue weighted by Gasteiger charge is 2.26. The molecule has 334 valence electrons. The van der Waals surface area contributed by atoms with Crippen LogP contribution in [0.4, 0.5) is 0 Å². The smallest absolute Gasteiger partial charge is 0.232 e. The molecule has 0 saturated heterocycles. The van der Waals surface area contributed by atoms with E-state index in [1.807, 2.05) is 29.1 Å². The normalized spacial score (nSPS) is 12.6. The molecular weight excluding hydrogens is 807 g/mol. The van der Waals surface area contributed by atoms with E-state index >= 15 is 0 Å². The van der Waals surface area contributed by atoms with E-state index < -0.39 is 0 Å². The third kappa shape index (κ3) is 8.57. The SMILES string of the molecule is Cc1cccc(-c2ccccc2)c1-c1nn(-c2cccc(Oc3ccc4c5cc(C(C)(C)C)ccc5n(-c5cc(C(C)(C)C)ccn5)c4c3)c2)[c-][n+]1-c1cc(C(C)(C)C)cc(C(C)(C)C)c1. The number of aromatic nitrogens is 5.